The number of hydrogen-bond donors (Lipinski definition) is 2. The van der Waals surface area contributed by atoms with Gasteiger partial charge in [-0.05, 0) is 28.7 Å². The highest BCUT2D eigenvalue weighted by molar-refractivity contribution is 5.92. The summed E-state index contributed by atoms with van der Waals surface area (Å²) in [6.07, 6.45) is 0. The fourth-order valence-electron chi connectivity index (χ4n) is 2.45. The first kappa shape index (κ1) is 21.3. The van der Waals surface area contributed by atoms with Crippen LogP contribution in [0.15, 0.2) is 49.0 Å². The number of hydrogen-bond acceptors (Lipinski definition) is 6. The standard InChI is InChI=1S/C22H27NO5/c1-15(16-6-8-17(9-7-16)22(2,3)4)23-28-13-12-27-18-10-11-19(20(24)14-18)21(25)26-5/h6-11,14,23-24H,1,12-13H2,2-5H3. The highest BCUT2D eigenvalue weighted by atomic mass is 16.7. The second kappa shape index (κ2) is 9.28. The molecule has 2 rings (SSSR count). The summed E-state index contributed by atoms with van der Waals surface area (Å²) in [5.74, 6) is -0.383. The Morgan fingerprint density at radius 3 is 2.36 bits per heavy atom. The zero-order valence-corrected chi connectivity index (χ0v) is 16.7. The molecular formula is C22H27NO5. The Morgan fingerprint density at radius 1 is 1.11 bits per heavy atom. The zero-order valence-electron chi connectivity index (χ0n) is 16.7. The van der Waals surface area contributed by atoms with Crippen LogP contribution in [0.1, 0.15) is 42.3 Å². The first-order valence-corrected chi connectivity index (χ1v) is 8.94. The normalized spacial score (nSPS) is 11.0. The SMILES string of the molecule is C=C(NOCCOc1ccc(C(=O)OC)c(O)c1)c1ccc(C(C)(C)C)cc1. The number of esters is 1. The van der Waals surface area contributed by atoms with Crippen molar-refractivity contribution in [3.8, 4) is 11.5 Å². The van der Waals surface area contributed by atoms with E-state index in [2.05, 4.69) is 49.7 Å². The topological polar surface area (TPSA) is 77.0 Å². The summed E-state index contributed by atoms with van der Waals surface area (Å²) in [6.45, 7) is 11.0. The number of carbonyl (C=O) groups is 1. The van der Waals surface area contributed by atoms with E-state index in [1.165, 1.54) is 24.8 Å². The summed E-state index contributed by atoms with van der Waals surface area (Å²) in [6, 6.07) is 12.5. The molecule has 28 heavy (non-hydrogen) atoms. The van der Waals surface area contributed by atoms with Crippen molar-refractivity contribution in [3.63, 3.8) is 0 Å². The van der Waals surface area contributed by atoms with Gasteiger partial charge < -0.3 is 14.6 Å². The lowest BCUT2D eigenvalue weighted by molar-refractivity contribution is 0.0540. The van der Waals surface area contributed by atoms with Gasteiger partial charge in [0.15, 0.2) is 0 Å². The Labute approximate surface area is 165 Å². The number of rotatable bonds is 8. The quantitative estimate of drug-likeness (QED) is 0.406. The molecule has 0 aliphatic heterocycles. The molecule has 0 radical (unpaired) electrons. The molecule has 0 unspecified atom stereocenters. The van der Waals surface area contributed by atoms with Gasteiger partial charge in [-0.1, -0.05) is 51.6 Å². The fourth-order valence-corrected chi connectivity index (χ4v) is 2.45. The fraction of sp³-hybridized carbons (Fsp3) is 0.318. The molecule has 6 nitrogen and oxygen atoms in total. The Kier molecular flexibility index (Phi) is 7.06. The predicted molar refractivity (Wildman–Crippen MR) is 108 cm³/mol. The Hall–Kier alpha value is -2.99. The van der Waals surface area contributed by atoms with Gasteiger partial charge in [0, 0.05) is 6.07 Å². The van der Waals surface area contributed by atoms with Crippen molar-refractivity contribution in [1.29, 1.82) is 0 Å². The van der Waals surface area contributed by atoms with E-state index in [9.17, 15) is 9.90 Å². The molecule has 2 aromatic carbocycles. The van der Waals surface area contributed by atoms with Crippen LogP contribution in [0.5, 0.6) is 11.5 Å². The number of methoxy groups -OCH3 is 1. The molecule has 0 amide bonds. The average Bonchev–Trinajstić information content (AvgIpc) is 2.66. The van der Waals surface area contributed by atoms with Gasteiger partial charge in [0.1, 0.15) is 30.3 Å². The van der Waals surface area contributed by atoms with Crippen molar-refractivity contribution in [2.24, 2.45) is 0 Å². The van der Waals surface area contributed by atoms with Gasteiger partial charge >= 0.3 is 5.97 Å². The third-order valence-electron chi connectivity index (χ3n) is 4.12. The molecule has 0 aliphatic carbocycles. The molecule has 0 aromatic heterocycles. The van der Waals surface area contributed by atoms with Crippen LogP contribution in [0.4, 0.5) is 0 Å². The van der Waals surface area contributed by atoms with E-state index in [0.29, 0.717) is 11.4 Å². The molecule has 0 heterocycles. The summed E-state index contributed by atoms with van der Waals surface area (Å²) in [5, 5.41) is 9.83. The van der Waals surface area contributed by atoms with E-state index in [4.69, 9.17) is 9.57 Å². The highest BCUT2D eigenvalue weighted by Gasteiger charge is 2.13. The van der Waals surface area contributed by atoms with Crippen molar-refractivity contribution < 1.29 is 24.2 Å². The lowest BCUT2D eigenvalue weighted by atomic mass is 9.86. The molecule has 0 spiro atoms. The van der Waals surface area contributed by atoms with E-state index < -0.39 is 5.97 Å². The Balaban J connectivity index is 1.76. The van der Waals surface area contributed by atoms with E-state index in [0.717, 1.165) is 5.56 Å². The number of phenols is 1. The maximum absolute atomic E-state index is 11.4. The van der Waals surface area contributed by atoms with E-state index in [1.54, 1.807) is 6.07 Å². The van der Waals surface area contributed by atoms with Crippen LogP contribution in [0.3, 0.4) is 0 Å². The third kappa shape index (κ3) is 5.76. The number of nitrogens with one attached hydrogen (secondary N) is 1. The Morgan fingerprint density at radius 2 is 1.79 bits per heavy atom. The van der Waals surface area contributed by atoms with Crippen LogP contribution in [0.25, 0.3) is 5.70 Å². The molecule has 2 N–H and O–H groups in total. The predicted octanol–water partition coefficient (Wildman–Crippen LogP) is 4.05. The summed E-state index contributed by atoms with van der Waals surface area (Å²) >= 11 is 0. The minimum absolute atomic E-state index is 0.0848. The van der Waals surface area contributed by atoms with Crippen LogP contribution >= 0.6 is 0 Å². The van der Waals surface area contributed by atoms with Crippen LogP contribution in [-0.2, 0) is 15.0 Å². The van der Waals surface area contributed by atoms with Gasteiger partial charge in [0.2, 0.25) is 0 Å². The van der Waals surface area contributed by atoms with Crippen LogP contribution in [-0.4, -0.2) is 31.4 Å². The number of benzene rings is 2. The maximum Gasteiger partial charge on any atom is 0.341 e. The lowest BCUT2D eigenvalue weighted by Crippen LogP contribution is -2.17. The van der Waals surface area contributed by atoms with E-state index in [-0.39, 0.29) is 29.9 Å². The monoisotopic (exact) mass is 385 g/mol. The smallest absolute Gasteiger partial charge is 0.341 e. The molecule has 0 bridgehead atoms. The summed E-state index contributed by atoms with van der Waals surface area (Å²) in [5.41, 5.74) is 5.83. The average molecular weight is 385 g/mol. The number of ether oxygens (including phenoxy) is 2. The third-order valence-corrected chi connectivity index (χ3v) is 4.12. The van der Waals surface area contributed by atoms with Gasteiger partial charge in [-0.3, -0.25) is 10.3 Å². The molecule has 150 valence electrons. The molecule has 6 heteroatoms. The molecule has 0 saturated heterocycles. The zero-order chi connectivity index (χ0) is 20.7. The van der Waals surface area contributed by atoms with Crippen molar-refractivity contribution in [3.05, 3.63) is 65.7 Å². The first-order valence-electron chi connectivity index (χ1n) is 8.94. The lowest BCUT2D eigenvalue weighted by Gasteiger charge is -2.19. The summed E-state index contributed by atoms with van der Waals surface area (Å²) in [7, 11) is 1.25. The summed E-state index contributed by atoms with van der Waals surface area (Å²) in [4.78, 5) is 16.8. The van der Waals surface area contributed by atoms with Crippen molar-refractivity contribution >= 4 is 11.7 Å². The Bertz CT molecular complexity index is 822. The van der Waals surface area contributed by atoms with Gasteiger partial charge in [-0.2, -0.15) is 0 Å². The van der Waals surface area contributed by atoms with E-state index >= 15 is 0 Å². The van der Waals surface area contributed by atoms with Crippen molar-refractivity contribution in [2.45, 2.75) is 26.2 Å². The number of phenolic OH excluding ortho intramolecular Hbond substituents is 1. The molecule has 0 fully saturated rings. The van der Waals surface area contributed by atoms with Gasteiger partial charge in [-0.15, -0.1) is 0 Å². The van der Waals surface area contributed by atoms with Crippen LogP contribution in [0.2, 0.25) is 0 Å². The van der Waals surface area contributed by atoms with E-state index in [1.807, 2.05) is 12.1 Å². The molecule has 0 aliphatic rings. The highest BCUT2D eigenvalue weighted by Crippen LogP contribution is 2.25. The molecule has 0 saturated carbocycles. The van der Waals surface area contributed by atoms with Gasteiger partial charge in [0.05, 0.1) is 12.8 Å². The van der Waals surface area contributed by atoms with Gasteiger partial charge in [0.25, 0.3) is 0 Å². The maximum atomic E-state index is 11.4. The van der Waals surface area contributed by atoms with Crippen LogP contribution in [0, 0.1) is 0 Å². The van der Waals surface area contributed by atoms with Crippen molar-refractivity contribution in [2.75, 3.05) is 20.3 Å². The minimum Gasteiger partial charge on any atom is -0.507 e. The number of carbonyl (C=O) groups excluding carboxylic acids is 1. The molecule has 2 aromatic rings. The second-order valence-electron chi connectivity index (χ2n) is 7.28. The van der Waals surface area contributed by atoms with Gasteiger partial charge in [-0.25, -0.2) is 4.79 Å². The van der Waals surface area contributed by atoms with Crippen molar-refractivity contribution in [1.82, 2.24) is 5.48 Å². The molecule has 0 atom stereocenters. The molecular weight excluding hydrogens is 358 g/mol. The minimum atomic E-state index is -0.606. The first-order chi connectivity index (χ1) is 13.2. The second-order valence-corrected chi connectivity index (χ2v) is 7.28. The van der Waals surface area contributed by atoms with Crippen LogP contribution < -0.4 is 10.2 Å². The largest absolute Gasteiger partial charge is 0.507 e. The summed E-state index contributed by atoms with van der Waals surface area (Å²) < 4.78 is 10.1. The number of hydroxylamine groups is 1. The number of aromatic hydroxyl groups is 1.